The smallest absolute Gasteiger partial charge is 0.276 e. The molecule has 1 amide bonds. The van der Waals surface area contributed by atoms with Crippen LogP contribution in [0.3, 0.4) is 0 Å². The van der Waals surface area contributed by atoms with E-state index in [0.717, 1.165) is 30.9 Å². The van der Waals surface area contributed by atoms with Crippen molar-refractivity contribution in [2.45, 2.75) is 20.4 Å². The predicted molar refractivity (Wildman–Crippen MR) is 176 cm³/mol. The fourth-order valence-corrected chi connectivity index (χ4v) is 5.25. The highest BCUT2D eigenvalue weighted by Crippen LogP contribution is 2.32. The highest BCUT2D eigenvalue weighted by Gasteiger charge is 2.18. The van der Waals surface area contributed by atoms with E-state index in [0.29, 0.717) is 51.2 Å². The SMILES string of the molecule is CCN(CCOc1cc(NC(=O)c2ccc3[nH]c(-c4nc5ccccc5[nH]c4=O)c(N)c3c2)ccc1C)Cc1ccccc1. The number of nitrogens with zero attached hydrogens (tertiary/aromatic N) is 2. The van der Waals surface area contributed by atoms with E-state index in [1.807, 2.05) is 49.4 Å². The van der Waals surface area contributed by atoms with Crippen LogP contribution in [0.25, 0.3) is 33.3 Å². The summed E-state index contributed by atoms with van der Waals surface area (Å²) in [4.78, 5) is 39.0. The highest BCUT2D eigenvalue weighted by atomic mass is 16.5. The van der Waals surface area contributed by atoms with Gasteiger partial charge in [0, 0.05) is 41.3 Å². The molecule has 2 heterocycles. The van der Waals surface area contributed by atoms with Crippen molar-refractivity contribution >= 4 is 39.2 Å². The summed E-state index contributed by atoms with van der Waals surface area (Å²) in [6, 6.07) is 28.5. The van der Waals surface area contributed by atoms with Crippen molar-refractivity contribution in [1.82, 2.24) is 19.9 Å². The molecule has 6 aromatic rings. The zero-order valence-electron chi connectivity index (χ0n) is 24.7. The van der Waals surface area contributed by atoms with Crippen LogP contribution < -0.4 is 21.3 Å². The molecule has 4 aromatic carbocycles. The quantitative estimate of drug-likeness (QED) is 0.153. The molecule has 0 saturated heterocycles. The molecule has 0 aliphatic rings. The Morgan fingerprint density at radius 3 is 2.57 bits per heavy atom. The lowest BCUT2D eigenvalue weighted by Gasteiger charge is -2.21. The minimum absolute atomic E-state index is 0.192. The van der Waals surface area contributed by atoms with Gasteiger partial charge in [-0.15, -0.1) is 0 Å². The molecule has 0 spiro atoms. The number of para-hydroxylation sites is 2. The second-order valence-corrected chi connectivity index (χ2v) is 10.7. The number of anilines is 2. The normalized spacial score (nSPS) is 11.3. The lowest BCUT2D eigenvalue weighted by atomic mass is 10.1. The van der Waals surface area contributed by atoms with Gasteiger partial charge in [0.1, 0.15) is 12.4 Å². The summed E-state index contributed by atoms with van der Waals surface area (Å²) in [5.74, 6) is 0.437. The first kappa shape index (κ1) is 28.7. The molecule has 0 atom stereocenters. The number of nitrogen functional groups attached to an aromatic ring is 1. The first-order valence-corrected chi connectivity index (χ1v) is 14.6. The monoisotopic (exact) mass is 586 g/mol. The Hall–Kier alpha value is -5.41. The summed E-state index contributed by atoms with van der Waals surface area (Å²) in [6.07, 6.45) is 0. The van der Waals surface area contributed by atoms with Crippen molar-refractivity contribution in [2.24, 2.45) is 0 Å². The number of rotatable bonds is 10. The maximum Gasteiger partial charge on any atom is 0.276 e. The minimum Gasteiger partial charge on any atom is -0.492 e. The number of fused-ring (bicyclic) bond motifs is 2. The number of H-pyrrole nitrogens is 2. The van der Waals surface area contributed by atoms with Gasteiger partial charge in [-0.05, 0) is 61.0 Å². The topological polar surface area (TPSA) is 129 Å². The predicted octanol–water partition coefficient (Wildman–Crippen LogP) is 6.12. The van der Waals surface area contributed by atoms with E-state index in [2.05, 4.69) is 56.4 Å². The Bertz CT molecular complexity index is 2020. The Morgan fingerprint density at radius 1 is 0.955 bits per heavy atom. The zero-order chi connectivity index (χ0) is 30.6. The maximum absolute atomic E-state index is 13.3. The summed E-state index contributed by atoms with van der Waals surface area (Å²) in [6.45, 7) is 7.21. The van der Waals surface area contributed by atoms with Crippen molar-refractivity contribution in [3.05, 3.63) is 118 Å². The van der Waals surface area contributed by atoms with E-state index in [4.69, 9.17) is 10.5 Å². The highest BCUT2D eigenvalue weighted by molar-refractivity contribution is 6.09. The van der Waals surface area contributed by atoms with E-state index in [9.17, 15) is 9.59 Å². The minimum atomic E-state index is -0.351. The van der Waals surface area contributed by atoms with Gasteiger partial charge in [0.05, 0.1) is 22.4 Å². The number of benzene rings is 4. The Labute approximate surface area is 254 Å². The van der Waals surface area contributed by atoms with Crippen LogP contribution in [-0.2, 0) is 6.54 Å². The molecule has 0 aliphatic carbocycles. The van der Waals surface area contributed by atoms with Gasteiger partial charge in [-0.2, -0.15) is 0 Å². The number of aryl methyl sites for hydroxylation is 1. The molecule has 44 heavy (non-hydrogen) atoms. The Kier molecular flexibility index (Phi) is 8.12. The summed E-state index contributed by atoms with van der Waals surface area (Å²) < 4.78 is 6.14. The number of aromatic amines is 2. The van der Waals surface area contributed by atoms with Crippen LogP contribution >= 0.6 is 0 Å². The fraction of sp³-hybridized carbons (Fsp3) is 0.171. The van der Waals surface area contributed by atoms with Crippen molar-refractivity contribution in [2.75, 3.05) is 30.7 Å². The maximum atomic E-state index is 13.3. The average molecular weight is 587 g/mol. The number of amides is 1. The van der Waals surface area contributed by atoms with Crippen LogP contribution in [0.4, 0.5) is 11.4 Å². The van der Waals surface area contributed by atoms with E-state index in [1.165, 1.54) is 5.56 Å². The standard InChI is InChI=1S/C35H34N6O3/c1-3-41(21-23-9-5-4-6-10-23)17-18-44-30-20-25(15-13-22(30)2)37-34(42)24-14-16-27-26(19-24)31(36)32(38-27)33-35(43)40-29-12-8-7-11-28(29)39-33/h4-16,19-20,38H,3,17-18,21,36H2,1-2H3,(H,37,42)(H,40,43). The number of carbonyl (C=O) groups is 1. The van der Waals surface area contributed by atoms with Crippen LogP contribution in [0.15, 0.2) is 95.8 Å². The van der Waals surface area contributed by atoms with Gasteiger partial charge in [0.2, 0.25) is 0 Å². The van der Waals surface area contributed by atoms with E-state index in [1.54, 1.807) is 24.3 Å². The van der Waals surface area contributed by atoms with Crippen molar-refractivity contribution < 1.29 is 9.53 Å². The molecule has 0 saturated carbocycles. The van der Waals surface area contributed by atoms with Crippen molar-refractivity contribution in [1.29, 1.82) is 0 Å². The first-order chi connectivity index (χ1) is 21.4. The second kappa shape index (κ2) is 12.4. The molecular weight excluding hydrogens is 552 g/mol. The van der Waals surface area contributed by atoms with Crippen LogP contribution in [0, 0.1) is 6.92 Å². The molecule has 222 valence electrons. The molecule has 0 unspecified atom stereocenters. The Balaban J connectivity index is 1.16. The number of nitrogens with one attached hydrogen (secondary N) is 3. The molecule has 9 heteroatoms. The van der Waals surface area contributed by atoms with Crippen LogP contribution in [0.2, 0.25) is 0 Å². The van der Waals surface area contributed by atoms with E-state index < -0.39 is 0 Å². The second-order valence-electron chi connectivity index (χ2n) is 10.7. The summed E-state index contributed by atoms with van der Waals surface area (Å²) in [7, 11) is 0. The van der Waals surface area contributed by atoms with Gasteiger partial charge in [-0.25, -0.2) is 4.98 Å². The molecule has 0 fully saturated rings. The number of nitrogens with two attached hydrogens (primary N) is 1. The lowest BCUT2D eigenvalue weighted by molar-refractivity contribution is 0.102. The number of carbonyl (C=O) groups excluding carboxylic acids is 1. The van der Waals surface area contributed by atoms with Gasteiger partial charge in [0.15, 0.2) is 5.69 Å². The molecule has 9 nitrogen and oxygen atoms in total. The van der Waals surface area contributed by atoms with E-state index >= 15 is 0 Å². The molecular formula is C35H34N6O3. The number of likely N-dealkylation sites (N-methyl/N-ethyl adjacent to an activating group) is 1. The van der Waals surface area contributed by atoms with Gasteiger partial charge < -0.3 is 25.8 Å². The third kappa shape index (κ3) is 6.04. The fourth-order valence-electron chi connectivity index (χ4n) is 5.25. The average Bonchev–Trinajstić information content (AvgIpc) is 3.37. The molecule has 2 aromatic heterocycles. The molecule has 5 N–H and O–H groups in total. The van der Waals surface area contributed by atoms with Crippen LogP contribution in [0.1, 0.15) is 28.4 Å². The van der Waals surface area contributed by atoms with Crippen LogP contribution in [-0.4, -0.2) is 45.5 Å². The Morgan fingerprint density at radius 2 is 1.75 bits per heavy atom. The first-order valence-electron chi connectivity index (χ1n) is 14.6. The zero-order valence-corrected chi connectivity index (χ0v) is 24.7. The summed E-state index contributed by atoms with van der Waals surface area (Å²) in [5, 5.41) is 3.60. The van der Waals surface area contributed by atoms with Gasteiger partial charge in [-0.1, -0.05) is 55.5 Å². The van der Waals surface area contributed by atoms with E-state index in [-0.39, 0.29) is 17.2 Å². The van der Waals surface area contributed by atoms with Gasteiger partial charge in [0.25, 0.3) is 11.5 Å². The number of aromatic nitrogens is 3. The van der Waals surface area contributed by atoms with Crippen molar-refractivity contribution in [3.8, 4) is 17.1 Å². The van der Waals surface area contributed by atoms with Crippen LogP contribution in [0.5, 0.6) is 5.75 Å². The molecule has 6 rings (SSSR count). The third-order valence-corrected chi connectivity index (χ3v) is 7.74. The van der Waals surface area contributed by atoms with Gasteiger partial charge >= 0.3 is 0 Å². The van der Waals surface area contributed by atoms with Gasteiger partial charge in [-0.3, -0.25) is 14.5 Å². The molecule has 0 bridgehead atoms. The summed E-state index contributed by atoms with van der Waals surface area (Å²) >= 11 is 0. The molecule has 0 radical (unpaired) electrons. The third-order valence-electron chi connectivity index (χ3n) is 7.74. The number of hydrogen-bond acceptors (Lipinski definition) is 6. The number of ether oxygens (including phenoxy) is 1. The number of hydrogen-bond donors (Lipinski definition) is 4. The largest absolute Gasteiger partial charge is 0.492 e. The lowest BCUT2D eigenvalue weighted by Crippen LogP contribution is -2.28. The summed E-state index contributed by atoms with van der Waals surface area (Å²) in [5.41, 5.74) is 12.4. The van der Waals surface area contributed by atoms with Crippen molar-refractivity contribution in [3.63, 3.8) is 0 Å². The molecule has 0 aliphatic heterocycles.